The Kier molecular flexibility index (Phi) is 5.75. The highest BCUT2D eigenvalue weighted by molar-refractivity contribution is 14.1. The molecule has 0 N–H and O–H groups in total. The van der Waals surface area contributed by atoms with Crippen molar-refractivity contribution in [1.82, 2.24) is 0 Å². The summed E-state index contributed by atoms with van der Waals surface area (Å²) >= 11 is 2.49. The van der Waals surface area contributed by atoms with E-state index in [4.69, 9.17) is 4.74 Å². The largest absolute Gasteiger partial charge is 0.374 e. The topological polar surface area (TPSA) is 9.23 Å². The highest BCUT2D eigenvalue weighted by Gasteiger charge is 2.33. The second-order valence-electron chi connectivity index (χ2n) is 4.52. The minimum Gasteiger partial charge on any atom is -0.374 e. The lowest BCUT2D eigenvalue weighted by Gasteiger charge is -2.29. The Balaban J connectivity index is 2.33. The maximum atomic E-state index is 6.18. The Morgan fingerprint density at radius 2 is 1.79 bits per heavy atom. The van der Waals surface area contributed by atoms with E-state index in [0.29, 0.717) is 0 Å². The van der Waals surface area contributed by atoms with E-state index in [1.54, 1.807) is 0 Å². The van der Waals surface area contributed by atoms with Crippen LogP contribution in [0.1, 0.15) is 52.4 Å². The Bertz CT molecular complexity index is 148. The average molecular weight is 310 g/mol. The fourth-order valence-electron chi connectivity index (χ4n) is 2.15. The molecular formula is C12H23IO. The van der Waals surface area contributed by atoms with Crippen molar-refractivity contribution >= 4 is 22.6 Å². The summed E-state index contributed by atoms with van der Waals surface area (Å²) in [6, 6.07) is 0. The first-order valence-electron chi connectivity index (χ1n) is 5.96. The lowest BCUT2D eigenvalue weighted by molar-refractivity contribution is -0.0387. The highest BCUT2D eigenvalue weighted by atomic mass is 127. The third kappa shape index (κ3) is 3.37. The number of halogens is 1. The molecular weight excluding hydrogens is 287 g/mol. The zero-order valence-electron chi connectivity index (χ0n) is 9.52. The van der Waals surface area contributed by atoms with Crippen molar-refractivity contribution in [2.75, 3.05) is 11.0 Å². The van der Waals surface area contributed by atoms with Gasteiger partial charge in [-0.2, -0.15) is 0 Å². The van der Waals surface area contributed by atoms with Crippen LogP contribution in [-0.2, 0) is 4.74 Å². The Hall–Kier alpha value is 0.690. The van der Waals surface area contributed by atoms with Crippen molar-refractivity contribution in [1.29, 1.82) is 0 Å². The molecule has 0 aromatic rings. The van der Waals surface area contributed by atoms with Crippen molar-refractivity contribution in [2.24, 2.45) is 5.92 Å². The molecule has 14 heavy (non-hydrogen) atoms. The highest BCUT2D eigenvalue weighted by Crippen LogP contribution is 2.35. The minimum atomic E-state index is 0.253. The van der Waals surface area contributed by atoms with E-state index < -0.39 is 0 Å². The second-order valence-corrected chi connectivity index (χ2v) is 5.28. The van der Waals surface area contributed by atoms with E-state index in [1.165, 1.54) is 43.0 Å². The first-order valence-corrected chi connectivity index (χ1v) is 7.49. The summed E-state index contributed by atoms with van der Waals surface area (Å²) in [5.74, 6) is 0.774. The van der Waals surface area contributed by atoms with Gasteiger partial charge in [-0.05, 0) is 18.8 Å². The van der Waals surface area contributed by atoms with Gasteiger partial charge in [0.25, 0.3) is 0 Å². The molecule has 0 aromatic heterocycles. The minimum absolute atomic E-state index is 0.253. The van der Waals surface area contributed by atoms with Gasteiger partial charge in [-0.3, -0.25) is 0 Å². The van der Waals surface area contributed by atoms with Gasteiger partial charge in [0.15, 0.2) is 0 Å². The second kappa shape index (κ2) is 6.31. The lowest BCUT2D eigenvalue weighted by Crippen LogP contribution is -2.32. The van der Waals surface area contributed by atoms with Gasteiger partial charge < -0.3 is 4.74 Å². The summed E-state index contributed by atoms with van der Waals surface area (Å²) in [5, 5.41) is 0. The van der Waals surface area contributed by atoms with Crippen LogP contribution in [0.5, 0.6) is 0 Å². The van der Waals surface area contributed by atoms with Crippen molar-refractivity contribution in [3.63, 3.8) is 0 Å². The van der Waals surface area contributed by atoms with Crippen molar-refractivity contribution in [3.05, 3.63) is 0 Å². The predicted octanol–water partition coefficient (Wildman–Crippen LogP) is 4.19. The first kappa shape index (κ1) is 12.8. The van der Waals surface area contributed by atoms with Crippen LogP contribution < -0.4 is 0 Å². The van der Waals surface area contributed by atoms with E-state index in [-0.39, 0.29) is 5.60 Å². The predicted molar refractivity (Wildman–Crippen MR) is 70.1 cm³/mol. The Labute approximate surface area is 102 Å². The molecule has 0 bridgehead atoms. The molecule has 1 saturated carbocycles. The van der Waals surface area contributed by atoms with Crippen LogP contribution in [0.3, 0.4) is 0 Å². The van der Waals surface area contributed by atoms with Crippen LogP contribution in [-0.4, -0.2) is 16.6 Å². The number of hydrogen-bond donors (Lipinski definition) is 0. The summed E-state index contributed by atoms with van der Waals surface area (Å²) in [7, 11) is 0. The first-order chi connectivity index (χ1) is 6.76. The maximum absolute atomic E-state index is 6.18. The standard InChI is InChI=1S/C12H23IO/c1-3-11(4-2)9-14-12(10-13)7-5-6-8-12/h11H,3-10H2,1-2H3. The average Bonchev–Trinajstić information content (AvgIpc) is 2.69. The van der Waals surface area contributed by atoms with Crippen LogP contribution in [0, 0.1) is 5.92 Å². The summed E-state index contributed by atoms with van der Waals surface area (Å²) in [5.41, 5.74) is 0.253. The molecule has 0 amide bonds. The van der Waals surface area contributed by atoms with Gasteiger partial charge in [-0.25, -0.2) is 0 Å². The Morgan fingerprint density at radius 1 is 1.21 bits per heavy atom. The van der Waals surface area contributed by atoms with E-state index in [0.717, 1.165) is 12.5 Å². The van der Waals surface area contributed by atoms with Gasteiger partial charge >= 0.3 is 0 Å². The molecule has 0 aliphatic heterocycles. The number of ether oxygens (including phenoxy) is 1. The molecule has 0 radical (unpaired) electrons. The smallest absolute Gasteiger partial charge is 0.0771 e. The molecule has 0 heterocycles. The van der Waals surface area contributed by atoms with Crippen LogP contribution in [0.2, 0.25) is 0 Å². The van der Waals surface area contributed by atoms with E-state index in [1.807, 2.05) is 0 Å². The molecule has 1 rings (SSSR count). The van der Waals surface area contributed by atoms with E-state index >= 15 is 0 Å². The van der Waals surface area contributed by atoms with Gasteiger partial charge in [0.2, 0.25) is 0 Å². The number of alkyl halides is 1. The van der Waals surface area contributed by atoms with E-state index in [2.05, 4.69) is 36.4 Å². The van der Waals surface area contributed by atoms with Gasteiger partial charge in [-0.1, -0.05) is 62.1 Å². The lowest BCUT2D eigenvalue weighted by atomic mass is 10.0. The quantitative estimate of drug-likeness (QED) is 0.528. The van der Waals surface area contributed by atoms with E-state index in [9.17, 15) is 0 Å². The molecule has 84 valence electrons. The van der Waals surface area contributed by atoms with Gasteiger partial charge in [0.05, 0.1) is 12.2 Å². The third-order valence-corrected chi connectivity index (χ3v) is 4.93. The van der Waals surface area contributed by atoms with Crippen molar-refractivity contribution in [2.45, 2.75) is 58.0 Å². The zero-order chi connectivity index (χ0) is 10.4. The molecule has 1 nitrogen and oxygen atoms in total. The monoisotopic (exact) mass is 310 g/mol. The molecule has 1 aliphatic rings. The third-order valence-electron chi connectivity index (χ3n) is 3.54. The summed E-state index contributed by atoms with van der Waals surface area (Å²) < 4.78 is 7.35. The summed E-state index contributed by atoms with van der Waals surface area (Å²) in [6.07, 6.45) is 7.83. The molecule has 0 unspecified atom stereocenters. The Morgan fingerprint density at radius 3 is 2.21 bits per heavy atom. The summed E-state index contributed by atoms with van der Waals surface area (Å²) in [4.78, 5) is 0. The molecule has 2 heteroatoms. The van der Waals surface area contributed by atoms with Crippen molar-refractivity contribution in [3.8, 4) is 0 Å². The van der Waals surface area contributed by atoms with Gasteiger partial charge in [0.1, 0.15) is 0 Å². The van der Waals surface area contributed by atoms with Crippen LogP contribution in [0.15, 0.2) is 0 Å². The summed E-state index contributed by atoms with van der Waals surface area (Å²) in [6.45, 7) is 5.52. The molecule has 1 aliphatic carbocycles. The zero-order valence-corrected chi connectivity index (χ0v) is 11.7. The van der Waals surface area contributed by atoms with Crippen LogP contribution in [0.4, 0.5) is 0 Å². The fourth-order valence-corrected chi connectivity index (χ4v) is 3.14. The molecule has 1 fully saturated rings. The van der Waals surface area contributed by atoms with Crippen LogP contribution in [0.25, 0.3) is 0 Å². The number of rotatable bonds is 6. The van der Waals surface area contributed by atoms with Crippen molar-refractivity contribution < 1.29 is 4.74 Å². The molecule has 0 spiro atoms. The number of hydrogen-bond acceptors (Lipinski definition) is 1. The molecule has 0 atom stereocenters. The maximum Gasteiger partial charge on any atom is 0.0771 e. The normalized spacial score (nSPS) is 20.6. The molecule has 0 saturated heterocycles. The van der Waals surface area contributed by atoms with Gasteiger partial charge in [-0.15, -0.1) is 0 Å². The fraction of sp³-hybridized carbons (Fsp3) is 1.00. The molecule has 0 aromatic carbocycles. The SMILES string of the molecule is CCC(CC)COC1(CI)CCCC1. The van der Waals surface area contributed by atoms with Gasteiger partial charge in [0, 0.05) is 4.43 Å². The van der Waals surface area contributed by atoms with Crippen LogP contribution >= 0.6 is 22.6 Å².